The second kappa shape index (κ2) is 6.10. The van der Waals surface area contributed by atoms with Crippen molar-refractivity contribution >= 4 is 28.3 Å². The number of hydrogen-bond donors (Lipinski definition) is 2. The molecule has 3 heterocycles. The molecule has 2 N–H and O–H groups in total. The Labute approximate surface area is 146 Å². The number of aromatic nitrogens is 6. The molecule has 0 atom stereocenters. The molecule has 1 aromatic carbocycles. The van der Waals surface area contributed by atoms with Crippen LogP contribution in [0.2, 0.25) is 0 Å². The van der Waals surface area contributed by atoms with E-state index in [9.17, 15) is 4.79 Å². The fraction of sp³-hybridized carbons (Fsp3) is 0.188. The van der Waals surface area contributed by atoms with Crippen LogP contribution in [0.25, 0.3) is 16.0 Å². The van der Waals surface area contributed by atoms with Gasteiger partial charge in [0.2, 0.25) is 0 Å². The Morgan fingerprint density at radius 1 is 1.32 bits per heavy atom. The first-order valence-electron chi connectivity index (χ1n) is 7.68. The number of hydrogen-bond acceptors (Lipinski definition) is 6. The largest absolute Gasteiger partial charge is 0.345 e. The van der Waals surface area contributed by atoms with Crippen molar-refractivity contribution in [3.63, 3.8) is 0 Å². The van der Waals surface area contributed by atoms with Gasteiger partial charge in [-0.2, -0.15) is 4.68 Å². The van der Waals surface area contributed by atoms with Crippen LogP contribution >= 0.6 is 11.3 Å². The number of carbonyl (C=O) groups is 1. The lowest BCUT2D eigenvalue weighted by Crippen LogP contribution is -2.25. The van der Waals surface area contributed by atoms with E-state index in [1.807, 2.05) is 38.1 Å². The third-order valence-corrected chi connectivity index (χ3v) is 5.20. The topological polar surface area (TPSA) is 101 Å². The molecular formula is C16H15N7OS. The quantitative estimate of drug-likeness (QED) is 0.585. The zero-order chi connectivity index (χ0) is 17.4. The minimum Gasteiger partial charge on any atom is -0.345 e. The maximum atomic E-state index is 12.8. The van der Waals surface area contributed by atoms with Gasteiger partial charge in [0.1, 0.15) is 17.2 Å². The number of nitrogens with one attached hydrogen (secondary N) is 2. The minimum absolute atomic E-state index is 0.173. The Bertz CT molecular complexity index is 1020. The number of imidazole rings is 1. The van der Waals surface area contributed by atoms with E-state index in [1.165, 1.54) is 22.3 Å². The number of thiophene rings is 1. The van der Waals surface area contributed by atoms with Gasteiger partial charge >= 0.3 is 0 Å². The van der Waals surface area contributed by atoms with Gasteiger partial charge in [0.25, 0.3) is 5.91 Å². The van der Waals surface area contributed by atoms with Crippen LogP contribution in [-0.4, -0.2) is 36.1 Å². The lowest BCUT2D eigenvalue weighted by molar-refractivity contribution is 0.0949. The van der Waals surface area contributed by atoms with Gasteiger partial charge < -0.3 is 10.3 Å². The highest BCUT2D eigenvalue weighted by molar-refractivity contribution is 7.15. The van der Waals surface area contributed by atoms with E-state index in [0.717, 1.165) is 21.5 Å². The van der Waals surface area contributed by atoms with Gasteiger partial charge in [-0.3, -0.25) is 4.79 Å². The molecule has 25 heavy (non-hydrogen) atoms. The fourth-order valence-electron chi connectivity index (χ4n) is 2.63. The van der Waals surface area contributed by atoms with E-state index < -0.39 is 0 Å². The first-order valence-corrected chi connectivity index (χ1v) is 8.50. The van der Waals surface area contributed by atoms with Crippen LogP contribution in [0.4, 0.5) is 0 Å². The lowest BCUT2D eigenvalue weighted by Gasteiger charge is -2.06. The SMILES string of the molecule is Cc1sc(-n2cnnn2)c(C(=O)NCc2nc3ccccc3[nH]2)c1C. The molecular weight excluding hydrogens is 338 g/mol. The van der Waals surface area contributed by atoms with E-state index in [4.69, 9.17) is 0 Å². The van der Waals surface area contributed by atoms with E-state index in [2.05, 4.69) is 30.8 Å². The molecule has 0 aliphatic carbocycles. The average molecular weight is 353 g/mol. The molecule has 0 aliphatic rings. The lowest BCUT2D eigenvalue weighted by atomic mass is 10.1. The molecule has 8 nitrogen and oxygen atoms in total. The summed E-state index contributed by atoms with van der Waals surface area (Å²) >= 11 is 1.49. The number of tetrazole rings is 1. The van der Waals surface area contributed by atoms with Gasteiger partial charge in [0.05, 0.1) is 23.1 Å². The molecule has 0 aliphatic heterocycles. The molecule has 0 bridgehead atoms. The third-order valence-electron chi connectivity index (χ3n) is 4.01. The number of nitrogens with zero attached hydrogens (tertiary/aromatic N) is 5. The third kappa shape index (κ3) is 2.78. The van der Waals surface area contributed by atoms with Gasteiger partial charge in [-0.25, -0.2) is 4.98 Å². The standard InChI is InChI=1S/C16H15N7OS/c1-9-10(2)25-16(23-8-18-21-22-23)14(9)15(24)17-7-13-19-11-5-3-4-6-12(11)20-13/h3-6,8H,7H2,1-2H3,(H,17,24)(H,19,20). The maximum absolute atomic E-state index is 12.8. The molecule has 4 rings (SSSR count). The second-order valence-electron chi connectivity index (χ2n) is 5.60. The van der Waals surface area contributed by atoms with Crippen LogP contribution < -0.4 is 5.32 Å². The molecule has 126 valence electrons. The van der Waals surface area contributed by atoms with Crippen molar-refractivity contribution in [2.75, 3.05) is 0 Å². The van der Waals surface area contributed by atoms with Crippen molar-refractivity contribution in [2.45, 2.75) is 20.4 Å². The van der Waals surface area contributed by atoms with Crippen LogP contribution in [-0.2, 0) is 6.54 Å². The average Bonchev–Trinajstić information content (AvgIpc) is 3.32. The number of aryl methyl sites for hydroxylation is 1. The molecule has 0 saturated heterocycles. The van der Waals surface area contributed by atoms with Crippen molar-refractivity contribution in [2.24, 2.45) is 0 Å². The molecule has 0 radical (unpaired) electrons. The van der Waals surface area contributed by atoms with Gasteiger partial charge in [0.15, 0.2) is 0 Å². The molecule has 3 aromatic heterocycles. The molecule has 9 heteroatoms. The molecule has 4 aromatic rings. The van der Waals surface area contributed by atoms with Crippen LogP contribution in [0.3, 0.4) is 0 Å². The smallest absolute Gasteiger partial charge is 0.255 e. The normalized spacial score (nSPS) is 11.1. The zero-order valence-electron chi connectivity index (χ0n) is 13.6. The Balaban J connectivity index is 1.59. The predicted octanol–water partition coefficient (Wildman–Crippen LogP) is 2.15. The Hall–Kier alpha value is -3.07. The van der Waals surface area contributed by atoms with Gasteiger partial charge in [-0.05, 0) is 42.0 Å². The molecule has 0 unspecified atom stereocenters. The number of fused-ring (bicyclic) bond motifs is 1. The van der Waals surface area contributed by atoms with E-state index in [-0.39, 0.29) is 5.91 Å². The summed E-state index contributed by atoms with van der Waals surface area (Å²) in [7, 11) is 0. The monoisotopic (exact) mass is 353 g/mol. The number of rotatable bonds is 4. The van der Waals surface area contributed by atoms with Crippen molar-refractivity contribution < 1.29 is 4.79 Å². The van der Waals surface area contributed by atoms with E-state index >= 15 is 0 Å². The Morgan fingerprint density at radius 3 is 2.92 bits per heavy atom. The van der Waals surface area contributed by atoms with Gasteiger partial charge in [0, 0.05) is 4.88 Å². The molecule has 0 spiro atoms. The van der Waals surface area contributed by atoms with Crippen molar-refractivity contribution in [3.8, 4) is 5.00 Å². The highest BCUT2D eigenvalue weighted by Gasteiger charge is 2.21. The van der Waals surface area contributed by atoms with E-state index in [1.54, 1.807) is 0 Å². The first kappa shape index (κ1) is 15.5. The fourth-order valence-corrected chi connectivity index (χ4v) is 3.70. The Morgan fingerprint density at radius 2 is 2.16 bits per heavy atom. The van der Waals surface area contributed by atoms with Gasteiger partial charge in [-0.15, -0.1) is 16.4 Å². The van der Waals surface area contributed by atoms with Crippen LogP contribution in [0.1, 0.15) is 26.6 Å². The molecule has 0 fully saturated rings. The molecule has 1 amide bonds. The second-order valence-corrected chi connectivity index (χ2v) is 6.80. The number of H-pyrrole nitrogens is 1. The Kier molecular flexibility index (Phi) is 3.77. The first-order chi connectivity index (χ1) is 12.1. The highest BCUT2D eigenvalue weighted by atomic mass is 32.1. The number of benzene rings is 1. The summed E-state index contributed by atoms with van der Waals surface area (Å²) < 4.78 is 1.51. The number of carbonyl (C=O) groups excluding carboxylic acids is 1. The summed E-state index contributed by atoms with van der Waals surface area (Å²) in [6, 6.07) is 7.76. The van der Waals surface area contributed by atoms with Crippen molar-refractivity contribution in [1.29, 1.82) is 0 Å². The van der Waals surface area contributed by atoms with Crippen LogP contribution in [0, 0.1) is 13.8 Å². The highest BCUT2D eigenvalue weighted by Crippen LogP contribution is 2.30. The summed E-state index contributed by atoms with van der Waals surface area (Å²) in [5.41, 5.74) is 3.34. The molecule has 0 saturated carbocycles. The number of para-hydroxylation sites is 2. The summed E-state index contributed by atoms with van der Waals surface area (Å²) in [5, 5.41) is 14.8. The van der Waals surface area contributed by atoms with E-state index in [0.29, 0.717) is 22.9 Å². The minimum atomic E-state index is -0.173. The zero-order valence-corrected chi connectivity index (χ0v) is 14.5. The van der Waals surface area contributed by atoms with Gasteiger partial charge in [-0.1, -0.05) is 12.1 Å². The van der Waals surface area contributed by atoms with Crippen LogP contribution in [0.15, 0.2) is 30.6 Å². The predicted molar refractivity (Wildman–Crippen MR) is 93.8 cm³/mol. The summed E-state index contributed by atoms with van der Waals surface area (Å²) in [5.74, 6) is 0.538. The summed E-state index contributed by atoms with van der Waals surface area (Å²) in [6.07, 6.45) is 1.49. The summed E-state index contributed by atoms with van der Waals surface area (Å²) in [6.45, 7) is 4.22. The van der Waals surface area contributed by atoms with Crippen molar-refractivity contribution in [1.82, 2.24) is 35.5 Å². The number of amides is 1. The van der Waals surface area contributed by atoms with Crippen molar-refractivity contribution in [3.05, 3.63) is 52.4 Å². The summed E-state index contributed by atoms with van der Waals surface area (Å²) in [4.78, 5) is 21.5. The van der Waals surface area contributed by atoms with Crippen LogP contribution in [0.5, 0.6) is 0 Å². The number of aromatic amines is 1. The maximum Gasteiger partial charge on any atom is 0.255 e.